The second kappa shape index (κ2) is 3.66. The Hall–Kier alpha value is -0.220. The molecule has 0 aliphatic rings. The van der Waals surface area contributed by atoms with Crippen LogP contribution < -0.4 is 0 Å². The lowest BCUT2D eigenvalue weighted by atomic mass is 10.1. The first-order valence-corrected chi connectivity index (χ1v) is 4.76. The minimum absolute atomic E-state index is 0.151. The third-order valence-corrected chi connectivity index (χ3v) is 3.35. The van der Waals surface area contributed by atoms with Gasteiger partial charge in [-0.25, -0.2) is 4.39 Å². The normalized spacial score (nSPS) is 10.0. The van der Waals surface area contributed by atoms with E-state index in [9.17, 15) is 9.18 Å². The number of benzene rings is 1. The topological polar surface area (TPSA) is 17.1 Å². The first-order chi connectivity index (χ1) is 5.52. The van der Waals surface area contributed by atoms with Gasteiger partial charge in [-0.1, -0.05) is 0 Å². The number of rotatable bonds is 1. The van der Waals surface area contributed by atoms with Crippen LogP contribution in [0.25, 0.3) is 0 Å². The van der Waals surface area contributed by atoms with Crippen molar-refractivity contribution >= 4 is 37.6 Å². The van der Waals surface area contributed by atoms with Crippen LogP contribution in [0, 0.1) is 5.82 Å². The Balaban J connectivity index is 3.31. The molecule has 1 aromatic carbocycles. The van der Waals surface area contributed by atoms with E-state index in [4.69, 9.17) is 0 Å². The van der Waals surface area contributed by atoms with Gasteiger partial charge in [0.2, 0.25) is 0 Å². The molecule has 0 aromatic heterocycles. The fourth-order valence-corrected chi connectivity index (χ4v) is 1.42. The first kappa shape index (κ1) is 9.86. The second-order valence-corrected chi connectivity index (χ2v) is 3.96. The number of hydrogen-bond acceptors (Lipinski definition) is 1. The molecule has 0 heterocycles. The zero-order valence-electron chi connectivity index (χ0n) is 6.20. The molecule has 1 rings (SSSR count). The highest BCUT2D eigenvalue weighted by molar-refractivity contribution is 9.13. The van der Waals surface area contributed by atoms with Gasteiger partial charge in [-0.05, 0) is 50.9 Å². The number of carbonyl (C=O) groups excluding carboxylic acids is 1. The Morgan fingerprint density at radius 1 is 1.42 bits per heavy atom. The molecule has 0 radical (unpaired) electrons. The largest absolute Gasteiger partial charge is 0.295 e. The zero-order chi connectivity index (χ0) is 9.30. The van der Waals surface area contributed by atoms with Crippen LogP contribution in [-0.2, 0) is 0 Å². The lowest BCUT2D eigenvalue weighted by Gasteiger charge is -2.00. The Kier molecular flexibility index (Phi) is 3.01. The van der Waals surface area contributed by atoms with Crippen molar-refractivity contribution < 1.29 is 9.18 Å². The van der Waals surface area contributed by atoms with Crippen molar-refractivity contribution in [3.05, 3.63) is 32.5 Å². The molecular weight excluding hydrogens is 291 g/mol. The molecule has 0 bridgehead atoms. The summed E-state index contributed by atoms with van der Waals surface area (Å²) in [4.78, 5) is 10.9. The van der Waals surface area contributed by atoms with Crippen LogP contribution in [0.5, 0.6) is 0 Å². The predicted molar refractivity (Wildman–Crippen MR) is 51.8 cm³/mol. The minimum atomic E-state index is -0.436. The highest BCUT2D eigenvalue weighted by atomic mass is 79.9. The number of halogens is 3. The van der Waals surface area contributed by atoms with E-state index in [1.165, 1.54) is 13.0 Å². The standard InChI is InChI=1S/C8H5Br2FO/c1-4(12)5-2-6(9)8(10)7(11)3-5/h2-3H,1H3. The Morgan fingerprint density at radius 2 is 2.00 bits per heavy atom. The summed E-state index contributed by atoms with van der Waals surface area (Å²) in [6.07, 6.45) is 0. The highest BCUT2D eigenvalue weighted by Crippen LogP contribution is 2.27. The van der Waals surface area contributed by atoms with Crippen LogP contribution in [0.2, 0.25) is 0 Å². The molecule has 0 aliphatic heterocycles. The van der Waals surface area contributed by atoms with Crippen molar-refractivity contribution in [1.29, 1.82) is 0 Å². The van der Waals surface area contributed by atoms with Crippen LogP contribution in [0.4, 0.5) is 4.39 Å². The van der Waals surface area contributed by atoms with Gasteiger partial charge in [-0.15, -0.1) is 0 Å². The summed E-state index contributed by atoms with van der Waals surface area (Å²) < 4.78 is 13.9. The SMILES string of the molecule is CC(=O)c1cc(F)c(Br)c(Br)c1. The van der Waals surface area contributed by atoms with Crippen molar-refractivity contribution in [3.8, 4) is 0 Å². The first-order valence-electron chi connectivity index (χ1n) is 3.18. The van der Waals surface area contributed by atoms with Crippen LogP contribution in [0.15, 0.2) is 21.1 Å². The van der Waals surface area contributed by atoms with Crippen molar-refractivity contribution in [2.75, 3.05) is 0 Å². The molecule has 0 saturated heterocycles. The van der Waals surface area contributed by atoms with Crippen molar-refractivity contribution in [2.24, 2.45) is 0 Å². The van der Waals surface area contributed by atoms with E-state index in [0.29, 0.717) is 14.5 Å². The molecule has 4 heteroatoms. The van der Waals surface area contributed by atoms with Crippen molar-refractivity contribution in [3.63, 3.8) is 0 Å². The van der Waals surface area contributed by atoms with Crippen LogP contribution in [0.1, 0.15) is 17.3 Å². The highest BCUT2D eigenvalue weighted by Gasteiger charge is 2.08. The zero-order valence-corrected chi connectivity index (χ0v) is 9.37. The lowest BCUT2D eigenvalue weighted by Crippen LogP contribution is -1.93. The molecule has 0 spiro atoms. The average Bonchev–Trinajstić information content (AvgIpc) is 1.99. The van der Waals surface area contributed by atoms with Gasteiger partial charge < -0.3 is 0 Å². The summed E-state index contributed by atoms with van der Waals surface area (Å²) in [5, 5.41) is 0. The summed E-state index contributed by atoms with van der Waals surface area (Å²) in [6, 6.07) is 2.78. The molecule has 12 heavy (non-hydrogen) atoms. The van der Waals surface area contributed by atoms with E-state index < -0.39 is 5.82 Å². The van der Waals surface area contributed by atoms with Gasteiger partial charge in [-0.2, -0.15) is 0 Å². The molecule has 0 amide bonds. The number of ketones is 1. The van der Waals surface area contributed by atoms with E-state index in [2.05, 4.69) is 31.9 Å². The van der Waals surface area contributed by atoms with Gasteiger partial charge in [0.25, 0.3) is 0 Å². The predicted octanol–water partition coefficient (Wildman–Crippen LogP) is 3.55. The van der Waals surface area contributed by atoms with Crippen LogP contribution in [-0.4, -0.2) is 5.78 Å². The number of hydrogen-bond donors (Lipinski definition) is 0. The third kappa shape index (κ3) is 1.93. The van der Waals surface area contributed by atoms with Gasteiger partial charge in [0.1, 0.15) is 5.82 Å². The Bertz CT molecular complexity index is 313. The Labute approximate surface area is 86.2 Å². The third-order valence-electron chi connectivity index (χ3n) is 1.39. The van der Waals surface area contributed by atoms with Gasteiger partial charge in [-0.3, -0.25) is 4.79 Å². The van der Waals surface area contributed by atoms with Crippen LogP contribution >= 0.6 is 31.9 Å². The molecule has 1 aromatic rings. The van der Waals surface area contributed by atoms with E-state index >= 15 is 0 Å². The summed E-state index contributed by atoms with van der Waals surface area (Å²) in [7, 11) is 0. The fraction of sp³-hybridized carbons (Fsp3) is 0.125. The molecule has 0 aliphatic carbocycles. The molecule has 0 N–H and O–H groups in total. The summed E-state index contributed by atoms with van der Waals surface area (Å²) in [5.74, 6) is -0.586. The molecule has 64 valence electrons. The molecule has 0 fully saturated rings. The second-order valence-electron chi connectivity index (χ2n) is 2.31. The van der Waals surface area contributed by atoms with E-state index in [1.54, 1.807) is 6.07 Å². The van der Waals surface area contributed by atoms with Gasteiger partial charge in [0.05, 0.1) is 4.47 Å². The van der Waals surface area contributed by atoms with Crippen molar-refractivity contribution in [2.45, 2.75) is 6.92 Å². The van der Waals surface area contributed by atoms with Gasteiger partial charge >= 0.3 is 0 Å². The quantitative estimate of drug-likeness (QED) is 0.572. The average molecular weight is 296 g/mol. The maximum absolute atomic E-state index is 13.0. The molecule has 0 atom stereocenters. The minimum Gasteiger partial charge on any atom is -0.295 e. The van der Waals surface area contributed by atoms with E-state index in [1.807, 2.05) is 0 Å². The maximum atomic E-state index is 13.0. The fourth-order valence-electron chi connectivity index (χ4n) is 0.759. The van der Waals surface area contributed by atoms with Gasteiger partial charge in [0.15, 0.2) is 5.78 Å². The molecule has 1 nitrogen and oxygen atoms in total. The summed E-state index contributed by atoms with van der Waals surface area (Å²) >= 11 is 6.16. The summed E-state index contributed by atoms with van der Waals surface area (Å²) in [6.45, 7) is 1.40. The summed E-state index contributed by atoms with van der Waals surface area (Å²) in [5.41, 5.74) is 0.363. The van der Waals surface area contributed by atoms with E-state index in [0.717, 1.165) is 0 Å². The lowest BCUT2D eigenvalue weighted by molar-refractivity contribution is 0.101. The van der Waals surface area contributed by atoms with E-state index in [-0.39, 0.29) is 5.78 Å². The molecular formula is C8H5Br2FO. The van der Waals surface area contributed by atoms with Crippen LogP contribution in [0.3, 0.4) is 0 Å². The monoisotopic (exact) mass is 294 g/mol. The molecule has 0 unspecified atom stereocenters. The molecule has 0 saturated carbocycles. The smallest absolute Gasteiger partial charge is 0.159 e. The van der Waals surface area contributed by atoms with Gasteiger partial charge in [0, 0.05) is 10.0 Å². The number of carbonyl (C=O) groups is 1. The maximum Gasteiger partial charge on any atom is 0.159 e. The number of Topliss-reactive ketones (excluding diaryl/α,β-unsaturated/α-hetero) is 1. The van der Waals surface area contributed by atoms with Crippen molar-refractivity contribution in [1.82, 2.24) is 0 Å². The Morgan fingerprint density at radius 3 is 2.42 bits per heavy atom.